The van der Waals surface area contributed by atoms with E-state index in [1.807, 2.05) is 6.07 Å². The first-order valence-electron chi connectivity index (χ1n) is 5.55. The molecule has 2 rings (SSSR count). The van der Waals surface area contributed by atoms with Gasteiger partial charge in [0, 0.05) is 26.2 Å². The minimum absolute atomic E-state index is 0.0395. The number of carbonyl (C=O) groups is 1. The molecule has 1 heterocycles. The summed E-state index contributed by atoms with van der Waals surface area (Å²) in [5.41, 5.74) is 2.27. The maximum absolute atomic E-state index is 11.4. The number of nitrogens with one attached hydrogen (secondary N) is 2. The van der Waals surface area contributed by atoms with E-state index in [4.69, 9.17) is 0 Å². The average Bonchev–Trinajstić information content (AvgIpc) is 2.71. The van der Waals surface area contributed by atoms with Crippen LogP contribution in [-0.4, -0.2) is 27.9 Å². The zero-order valence-electron chi connectivity index (χ0n) is 10.2. The van der Waals surface area contributed by atoms with E-state index in [2.05, 4.69) is 9.44 Å². The van der Waals surface area contributed by atoms with Gasteiger partial charge in [-0.3, -0.25) is 9.52 Å². The van der Waals surface area contributed by atoms with Crippen molar-refractivity contribution in [3.63, 3.8) is 0 Å². The van der Waals surface area contributed by atoms with Gasteiger partial charge in [0.2, 0.25) is 5.91 Å². The lowest BCUT2D eigenvalue weighted by Crippen LogP contribution is -2.27. The molecule has 0 unspecified atom stereocenters. The Hall–Kier alpha value is -1.60. The molecule has 0 radical (unpaired) electrons. The smallest absolute Gasteiger partial charge is 0.298 e. The first kappa shape index (κ1) is 12.8. The Morgan fingerprint density at radius 1 is 1.39 bits per heavy atom. The molecule has 0 spiro atoms. The first-order chi connectivity index (χ1) is 8.43. The van der Waals surface area contributed by atoms with E-state index in [0.717, 1.165) is 17.7 Å². The van der Waals surface area contributed by atoms with Crippen LogP contribution >= 0.6 is 0 Å². The summed E-state index contributed by atoms with van der Waals surface area (Å²) in [5.74, 6) is -0.0395. The molecule has 0 saturated heterocycles. The highest BCUT2D eigenvalue weighted by Crippen LogP contribution is 2.31. The minimum atomic E-state index is -3.53. The normalized spacial score (nSPS) is 14.4. The number of hydrogen-bond donors (Lipinski definition) is 2. The Bertz CT molecular complexity index is 583. The molecule has 1 aliphatic rings. The minimum Gasteiger partial charge on any atom is -0.312 e. The lowest BCUT2D eigenvalue weighted by Gasteiger charge is -2.16. The van der Waals surface area contributed by atoms with E-state index in [-0.39, 0.29) is 5.91 Å². The van der Waals surface area contributed by atoms with Crippen molar-refractivity contribution in [2.75, 3.05) is 23.2 Å². The number of rotatable bonds is 3. The largest absolute Gasteiger partial charge is 0.312 e. The van der Waals surface area contributed by atoms with Gasteiger partial charge in [-0.15, -0.1) is 0 Å². The molecule has 0 atom stereocenters. The third kappa shape index (κ3) is 2.46. The van der Waals surface area contributed by atoms with E-state index in [0.29, 0.717) is 12.2 Å². The van der Waals surface area contributed by atoms with E-state index in [1.54, 1.807) is 17.0 Å². The predicted octanol–water partition coefficient (Wildman–Crippen LogP) is 0.472. The molecule has 2 N–H and O–H groups in total. The van der Waals surface area contributed by atoms with Crippen LogP contribution < -0.4 is 14.3 Å². The van der Waals surface area contributed by atoms with Gasteiger partial charge in [-0.1, -0.05) is 6.07 Å². The molecule has 1 amide bonds. The van der Waals surface area contributed by atoms with Gasteiger partial charge in [-0.05, 0) is 24.1 Å². The topological polar surface area (TPSA) is 78.5 Å². The summed E-state index contributed by atoms with van der Waals surface area (Å²) in [7, 11) is -2.20. The predicted molar refractivity (Wildman–Crippen MR) is 69.8 cm³/mol. The lowest BCUT2D eigenvalue weighted by molar-refractivity contribution is -0.116. The number of fused-ring (bicyclic) bond motifs is 1. The Morgan fingerprint density at radius 3 is 2.72 bits per heavy atom. The molecule has 98 valence electrons. The summed E-state index contributed by atoms with van der Waals surface area (Å²) >= 11 is 0. The van der Waals surface area contributed by atoms with Gasteiger partial charge < -0.3 is 4.90 Å². The Kier molecular flexibility index (Phi) is 3.27. The Morgan fingerprint density at radius 2 is 2.11 bits per heavy atom. The van der Waals surface area contributed by atoms with Crippen molar-refractivity contribution < 1.29 is 13.2 Å². The molecule has 18 heavy (non-hydrogen) atoms. The highest BCUT2D eigenvalue weighted by Gasteiger charge is 2.22. The van der Waals surface area contributed by atoms with Crippen LogP contribution in [-0.2, 0) is 21.4 Å². The van der Waals surface area contributed by atoms with Gasteiger partial charge in [0.15, 0.2) is 0 Å². The van der Waals surface area contributed by atoms with Crippen LogP contribution in [0.3, 0.4) is 0 Å². The maximum atomic E-state index is 11.4. The first-order valence-corrected chi connectivity index (χ1v) is 7.03. The molecular formula is C11H15N3O3S. The summed E-state index contributed by atoms with van der Waals surface area (Å²) < 4.78 is 27.3. The van der Waals surface area contributed by atoms with E-state index in [1.165, 1.54) is 14.0 Å². The van der Waals surface area contributed by atoms with Gasteiger partial charge in [-0.2, -0.15) is 8.42 Å². The second kappa shape index (κ2) is 4.58. The van der Waals surface area contributed by atoms with Crippen molar-refractivity contribution in [1.82, 2.24) is 4.72 Å². The molecule has 0 fully saturated rings. The molecule has 0 saturated carbocycles. The van der Waals surface area contributed by atoms with Crippen molar-refractivity contribution in [1.29, 1.82) is 0 Å². The second-order valence-electron chi connectivity index (χ2n) is 4.07. The van der Waals surface area contributed by atoms with Crippen LogP contribution in [0.4, 0.5) is 11.4 Å². The van der Waals surface area contributed by atoms with Crippen molar-refractivity contribution in [3.8, 4) is 0 Å². The van der Waals surface area contributed by atoms with Gasteiger partial charge in [0.25, 0.3) is 10.2 Å². The van der Waals surface area contributed by atoms with Gasteiger partial charge in [-0.25, -0.2) is 4.72 Å². The average molecular weight is 269 g/mol. The zero-order valence-corrected chi connectivity index (χ0v) is 11.0. The molecule has 1 aliphatic heterocycles. The quantitative estimate of drug-likeness (QED) is 0.837. The number of nitrogens with zero attached hydrogens (tertiary/aromatic N) is 1. The van der Waals surface area contributed by atoms with Crippen molar-refractivity contribution in [3.05, 3.63) is 23.8 Å². The number of amides is 1. The third-order valence-corrected chi connectivity index (χ3v) is 3.92. The highest BCUT2D eigenvalue weighted by molar-refractivity contribution is 7.90. The number of hydrogen-bond acceptors (Lipinski definition) is 3. The van der Waals surface area contributed by atoms with E-state index in [9.17, 15) is 13.2 Å². The molecular weight excluding hydrogens is 254 g/mol. The van der Waals surface area contributed by atoms with Crippen LogP contribution in [0.5, 0.6) is 0 Å². The summed E-state index contributed by atoms with van der Waals surface area (Å²) in [6.07, 6.45) is 0.800. The third-order valence-electron chi connectivity index (χ3n) is 2.88. The van der Waals surface area contributed by atoms with Gasteiger partial charge in [0.05, 0.1) is 5.69 Å². The van der Waals surface area contributed by atoms with Crippen LogP contribution in [0.15, 0.2) is 18.2 Å². The highest BCUT2D eigenvalue weighted by atomic mass is 32.2. The van der Waals surface area contributed by atoms with Crippen molar-refractivity contribution in [2.45, 2.75) is 13.3 Å². The molecule has 0 bridgehead atoms. The summed E-state index contributed by atoms with van der Waals surface area (Å²) in [5, 5.41) is 0. The molecule has 6 nitrogen and oxygen atoms in total. The summed E-state index contributed by atoms with van der Waals surface area (Å²) in [6, 6.07) is 5.21. The molecule has 0 aliphatic carbocycles. The van der Waals surface area contributed by atoms with Crippen LogP contribution in [0.2, 0.25) is 0 Å². The monoisotopic (exact) mass is 269 g/mol. The number of benzene rings is 1. The lowest BCUT2D eigenvalue weighted by atomic mass is 10.1. The van der Waals surface area contributed by atoms with Crippen LogP contribution in [0.25, 0.3) is 0 Å². The fourth-order valence-corrected chi connectivity index (χ4v) is 2.52. The fourth-order valence-electron chi connectivity index (χ4n) is 1.98. The zero-order chi connectivity index (χ0) is 13.3. The second-order valence-corrected chi connectivity index (χ2v) is 5.69. The van der Waals surface area contributed by atoms with E-state index >= 15 is 0 Å². The molecule has 7 heteroatoms. The van der Waals surface area contributed by atoms with Crippen molar-refractivity contribution >= 4 is 27.5 Å². The summed E-state index contributed by atoms with van der Waals surface area (Å²) in [6.45, 7) is 2.15. The molecule has 0 aromatic heterocycles. The maximum Gasteiger partial charge on any atom is 0.298 e. The molecule has 1 aromatic rings. The Balaban J connectivity index is 2.33. The SMILES string of the molecule is CNS(=O)(=O)Nc1ccc2c(c1)N(C(C)=O)CC2. The summed E-state index contributed by atoms with van der Waals surface area (Å²) in [4.78, 5) is 13.1. The Labute approximate surface area is 106 Å². The number of carbonyl (C=O) groups excluding carboxylic acids is 1. The van der Waals surface area contributed by atoms with Crippen LogP contribution in [0, 0.1) is 0 Å². The number of anilines is 2. The molecule has 1 aromatic carbocycles. The van der Waals surface area contributed by atoms with Crippen LogP contribution in [0.1, 0.15) is 12.5 Å². The van der Waals surface area contributed by atoms with Gasteiger partial charge >= 0.3 is 0 Å². The van der Waals surface area contributed by atoms with E-state index < -0.39 is 10.2 Å². The standard InChI is InChI=1S/C11H15N3O3S/c1-8(15)14-6-5-9-3-4-10(7-11(9)14)13-18(16,17)12-2/h3-4,7,12-13H,5-6H2,1-2H3. The van der Waals surface area contributed by atoms with Crippen molar-refractivity contribution in [2.24, 2.45) is 0 Å². The fraction of sp³-hybridized carbons (Fsp3) is 0.364. The van der Waals surface area contributed by atoms with Gasteiger partial charge in [0.1, 0.15) is 0 Å².